The van der Waals surface area contributed by atoms with Crippen molar-refractivity contribution in [1.82, 2.24) is 9.88 Å². The number of amides is 1. The Kier molecular flexibility index (Phi) is 7.31. The summed E-state index contributed by atoms with van der Waals surface area (Å²) >= 11 is 6.35. The van der Waals surface area contributed by atoms with Crippen molar-refractivity contribution in [3.05, 3.63) is 107 Å². The highest BCUT2D eigenvalue weighted by molar-refractivity contribution is 7.91. The molecule has 1 aliphatic heterocycles. The minimum Gasteiger partial charge on any atom is -0.341 e. The van der Waals surface area contributed by atoms with E-state index in [1.165, 1.54) is 5.56 Å². The maximum Gasteiger partial charge on any atom is 0.222 e. The van der Waals surface area contributed by atoms with Crippen molar-refractivity contribution >= 4 is 38.1 Å². The van der Waals surface area contributed by atoms with Crippen LogP contribution in [0.2, 0.25) is 5.02 Å². The van der Waals surface area contributed by atoms with E-state index < -0.39 is 9.84 Å². The second-order valence-electron chi connectivity index (χ2n) is 9.56. The van der Waals surface area contributed by atoms with Gasteiger partial charge < -0.3 is 4.90 Å². The van der Waals surface area contributed by atoms with Crippen LogP contribution in [0.4, 0.5) is 0 Å². The molecule has 2 atom stereocenters. The molecular weight excluding hydrogens is 504 g/mol. The van der Waals surface area contributed by atoms with Crippen molar-refractivity contribution in [2.45, 2.75) is 36.5 Å². The molecule has 0 N–H and O–H groups in total. The molecular formula is C30H29ClN2O3S. The summed E-state index contributed by atoms with van der Waals surface area (Å²) < 4.78 is 24.2. The second kappa shape index (κ2) is 10.6. The van der Waals surface area contributed by atoms with E-state index in [1.54, 1.807) is 19.1 Å². The van der Waals surface area contributed by atoms with Crippen molar-refractivity contribution in [3.8, 4) is 0 Å². The van der Waals surface area contributed by atoms with Crippen LogP contribution in [-0.4, -0.2) is 43.1 Å². The molecule has 190 valence electrons. The summed E-state index contributed by atoms with van der Waals surface area (Å²) in [7, 11) is -3.23. The number of hydrogen-bond acceptors (Lipinski definition) is 4. The zero-order chi connectivity index (χ0) is 26.0. The van der Waals surface area contributed by atoms with Gasteiger partial charge in [0, 0.05) is 54.1 Å². The van der Waals surface area contributed by atoms with Crippen molar-refractivity contribution in [3.63, 3.8) is 0 Å². The van der Waals surface area contributed by atoms with Gasteiger partial charge in [0.25, 0.3) is 0 Å². The predicted octanol–water partition coefficient (Wildman–Crippen LogP) is 6.02. The summed E-state index contributed by atoms with van der Waals surface area (Å²) in [5.74, 6) is 0.427. The standard InChI is InChI=1S/C30H29ClN2O3S/c1-2-37(35,36)25-12-9-21(10-13-25)11-14-30(34)33-19-28(22-5-3-7-24(31)17-22)29(20-33)27-8-4-6-23-18-32-16-15-26(23)27/h3-10,12-13,15-18,28-29H,2,11,14,19-20H2,1H3. The third kappa shape index (κ3) is 5.41. The Morgan fingerprint density at radius 2 is 1.76 bits per heavy atom. The Morgan fingerprint density at radius 1 is 1.00 bits per heavy atom. The van der Waals surface area contributed by atoms with E-state index in [0.717, 1.165) is 21.9 Å². The monoisotopic (exact) mass is 532 g/mol. The molecule has 3 aromatic carbocycles. The second-order valence-corrected chi connectivity index (χ2v) is 12.3. The van der Waals surface area contributed by atoms with Crippen LogP contribution in [0.25, 0.3) is 10.8 Å². The highest BCUT2D eigenvalue weighted by atomic mass is 35.5. The first kappa shape index (κ1) is 25.4. The number of pyridine rings is 1. The average molecular weight is 533 g/mol. The van der Waals surface area contributed by atoms with Gasteiger partial charge in [-0.1, -0.05) is 61.0 Å². The average Bonchev–Trinajstić information content (AvgIpc) is 3.37. The van der Waals surface area contributed by atoms with E-state index in [1.807, 2.05) is 53.7 Å². The van der Waals surface area contributed by atoms with Crippen molar-refractivity contribution in [1.29, 1.82) is 0 Å². The largest absolute Gasteiger partial charge is 0.341 e. The molecule has 1 saturated heterocycles. The van der Waals surface area contributed by atoms with Crippen molar-refractivity contribution in [2.24, 2.45) is 0 Å². The quantitative estimate of drug-likeness (QED) is 0.292. The van der Waals surface area contributed by atoms with Gasteiger partial charge in [-0.3, -0.25) is 9.78 Å². The Hall–Kier alpha value is -3.22. The van der Waals surface area contributed by atoms with Gasteiger partial charge in [-0.25, -0.2) is 8.42 Å². The molecule has 2 unspecified atom stereocenters. The number of carbonyl (C=O) groups excluding carboxylic acids is 1. The first-order chi connectivity index (χ1) is 17.9. The number of fused-ring (bicyclic) bond motifs is 1. The van der Waals surface area contributed by atoms with Gasteiger partial charge in [-0.05, 0) is 58.8 Å². The van der Waals surface area contributed by atoms with Gasteiger partial charge in [0.05, 0.1) is 10.6 Å². The molecule has 0 aliphatic carbocycles. The number of sulfone groups is 1. The molecule has 4 aromatic rings. The van der Waals surface area contributed by atoms with Crippen LogP contribution in [-0.2, 0) is 21.1 Å². The highest BCUT2D eigenvalue weighted by Gasteiger charge is 2.37. The third-order valence-electron chi connectivity index (χ3n) is 7.35. The predicted molar refractivity (Wildman–Crippen MR) is 148 cm³/mol. The van der Waals surface area contributed by atoms with Gasteiger partial charge in [-0.15, -0.1) is 0 Å². The lowest BCUT2D eigenvalue weighted by molar-refractivity contribution is -0.130. The molecule has 1 aliphatic rings. The first-order valence-corrected chi connectivity index (χ1v) is 14.6. The summed E-state index contributed by atoms with van der Waals surface area (Å²) in [6.45, 7) is 2.89. The van der Waals surface area contributed by atoms with Gasteiger partial charge in [0.15, 0.2) is 9.84 Å². The smallest absolute Gasteiger partial charge is 0.222 e. The SMILES string of the molecule is CCS(=O)(=O)c1ccc(CCC(=O)N2CC(c3cccc(Cl)c3)C(c3cccc4cnccc34)C2)cc1. The van der Waals surface area contributed by atoms with E-state index in [0.29, 0.717) is 35.8 Å². The molecule has 1 aromatic heterocycles. The minimum atomic E-state index is -3.23. The molecule has 0 radical (unpaired) electrons. The molecule has 2 heterocycles. The molecule has 5 nitrogen and oxygen atoms in total. The molecule has 0 spiro atoms. The Morgan fingerprint density at radius 3 is 2.51 bits per heavy atom. The fourth-order valence-corrected chi connectivity index (χ4v) is 6.39. The molecule has 5 rings (SSSR count). The normalized spacial score (nSPS) is 17.8. The summed E-state index contributed by atoms with van der Waals surface area (Å²) in [6.07, 6.45) is 4.62. The molecule has 1 amide bonds. The fraction of sp³-hybridized carbons (Fsp3) is 0.267. The summed E-state index contributed by atoms with van der Waals surface area (Å²) in [6, 6.07) is 23.1. The van der Waals surface area contributed by atoms with Crippen LogP contribution in [0.3, 0.4) is 0 Å². The van der Waals surface area contributed by atoms with Crippen LogP contribution in [0.1, 0.15) is 41.9 Å². The molecule has 1 fully saturated rings. The van der Waals surface area contributed by atoms with Gasteiger partial charge in [-0.2, -0.15) is 0 Å². The Bertz CT molecular complexity index is 1530. The van der Waals surface area contributed by atoms with Crippen LogP contribution in [0.5, 0.6) is 0 Å². The van der Waals surface area contributed by atoms with Crippen LogP contribution < -0.4 is 0 Å². The topological polar surface area (TPSA) is 67.3 Å². The minimum absolute atomic E-state index is 0.0714. The zero-order valence-corrected chi connectivity index (χ0v) is 22.3. The van der Waals surface area contributed by atoms with E-state index in [4.69, 9.17) is 11.6 Å². The Balaban J connectivity index is 1.37. The summed E-state index contributed by atoms with van der Waals surface area (Å²) in [4.78, 5) is 19.9. The molecule has 0 saturated carbocycles. The molecule has 37 heavy (non-hydrogen) atoms. The number of carbonyl (C=O) groups is 1. The molecule has 7 heteroatoms. The number of aryl methyl sites for hydroxylation is 1. The van der Waals surface area contributed by atoms with Crippen LogP contribution in [0.15, 0.2) is 90.1 Å². The van der Waals surface area contributed by atoms with Gasteiger partial charge >= 0.3 is 0 Å². The van der Waals surface area contributed by atoms with E-state index in [-0.39, 0.29) is 23.5 Å². The maximum absolute atomic E-state index is 13.4. The number of nitrogens with zero attached hydrogens (tertiary/aromatic N) is 2. The van der Waals surface area contributed by atoms with Crippen molar-refractivity contribution < 1.29 is 13.2 Å². The number of hydrogen-bond donors (Lipinski definition) is 0. The van der Waals surface area contributed by atoms with Gasteiger partial charge in [0.1, 0.15) is 0 Å². The maximum atomic E-state index is 13.4. The summed E-state index contributed by atoms with van der Waals surface area (Å²) in [5, 5.41) is 2.94. The Labute approximate surface area is 223 Å². The number of rotatable bonds is 7. The summed E-state index contributed by atoms with van der Waals surface area (Å²) in [5.41, 5.74) is 3.30. The van der Waals surface area contributed by atoms with Gasteiger partial charge in [0.2, 0.25) is 5.91 Å². The third-order valence-corrected chi connectivity index (χ3v) is 9.34. The first-order valence-electron chi connectivity index (χ1n) is 12.5. The highest BCUT2D eigenvalue weighted by Crippen LogP contribution is 2.42. The number of likely N-dealkylation sites (tertiary alicyclic amines) is 1. The van der Waals surface area contributed by atoms with Crippen molar-refractivity contribution in [2.75, 3.05) is 18.8 Å². The molecule has 0 bridgehead atoms. The zero-order valence-electron chi connectivity index (χ0n) is 20.7. The number of benzene rings is 3. The van der Waals surface area contributed by atoms with E-state index in [9.17, 15) is 13.2 Å². The van der Waals surface area contributed by atoms with E-state index >= 15 is 0 Å². The lowest BCUT2D eigenvalue weighted by Gasteiger charge is -2.20. The number of aromatic nitrogens is 1. The van der Waals surface area contributed by atoms with Crippen LogP contribution >= 0.6 is 11.6 Å². The lowest BCUT2D eigenvalue weighted by Crippen LogP contribution is -2.29. The van der Waals surface area contributed by atoms with Crippen LogP contribution in [0, 0.1) is 0 Å². The number of halogens is 1. The fourth-order valence-electron chi connectivity index (χ4n) is 5.31. The van der Waals surface area contributed by atoms with E-state index in [2.05, 4.69) is 29.2 Å². The lowest BCUT2D eigenvalue weighted by atomic mass is 9.82.